The van der Waals surface area contributed by atoms with Crippen molar-refractivity contribution < 1.29 is 27.8 Å². The first-order valence-corrected chi connectivity index (χ1v) is 7.54. The minimum absolute atomic E-state index is 0.0221. The molecule has 0 aromatic heterocycles. The molecule has 0 saturated carbocycles. The number of hydrogen-bond acceptors (Lipinski definition) is 6. The van der Waals surface area contributed by atoms with E-state index in [0.717, 1.165) is 6.26 Å². The summed E-state index contributed by atoms with van der Waals surface area (Å²) in [6.45, 7) is -0.192. The van der Waals surface area contributed by atoms with Gasteiger partial charge in [-0.05, 0) is 6.07 Å². The Morgan fingerprint density at radius 3 is 2.30 bits per heavy atom. The van der Waals surface area contributed by atoms with Gasteiger partial charge in [0.2, 0.25) is 0 Å². The Morgan fingerprint density at radius 2 is 1.95 bits per heavy atom. The van der Waals surface area contributed by atoms with Crippen molar-refractivity contribution >= 4 is 15.8 Å². The van der Waals surface area contributed by atoms with Crippen LogP contribution in [-0.2, 0) is 14.6 Å². The fourth-order valence-electron chi connectivity index (χ4n) is 1.83. The zero-order chi connectivity index (χ0) is 15.5. The van der Waals surface area contributed by atoms with E-state index in [4.69, 9.17) is 15.2 Å². The molecule has 0 saturated heterocycles. The second-order valence-electron chi connectivity index (χ2n) is 4.15. The highest BCUT2D eigenvalue weighted by molar-refractivity contribution is 7.90. The summed E-state index contributed by atoms with van der Waals surface area (Å²) in [6.07, 6.45) is 1.01. The third-order valence-corrected chi connectivity index (χ3v) is 3.91. The third-order valence-electron chi connectivity index (χ3n) is 2.81. The maximum atomic E-state index is 11.8. The van der Waals surface area contributed by atoms with E-state index in [1.807, 2.05) is 0 Å². The standard InChI is InChI=1S/C12H17NO6S/c1-18-7-4-8(9(6-13)12(14)15)11(19-2)10(5-7)20(3,16)17/h4-5,9H,6,13H2,1-3H3,(H,14,15). The van der Waals surface area contributed by atoms with Crippen molar-refractivity contribution in [2.24, 2.45) is 5.73 Å². The molecule has 0 aliphatic carbocycles. The Balaban J connectivity index is 3.69. The molecular weight excluding hydrogens is 286 g/mol. The van der Waals surface area contributed by atoms with Crippen LogP contribution < -0.4 is 15.2 Å². The van der Waals surface area contributed by atoms with Crippen molar-refractivity contribution in [2.75, 3.05) is 27.0 Å². The van der Waals surface area contributed by atoms with Gasteiger partial charge in [0.05, 0.1) is 20.1 Å². The first-order chi connectivity index (χ1) is 9.26. The summed E-state index contributed by atoms with van der Waals surface area (Å²) in [5.74, 6) is -2.05. The number of carboxylic acids is 1. The molecule has 0 spiro atoms. The molecule has 0 heterocycles. The van der Waals surface area contributed by atoms with E-state index in [1.54, 1.807) is 0 Å². The van der Waals surface area contributed by atoms with Gasteiger partial charge >= 0.3 is 5.97 Å². The van der Waals surface area contributed by atoms with Crippen LogP contribution in [-0.4, -0.2) is 46.5 Å². The lowest BCUT2D eigenvalue weighted by Gasteiger charge is -2.18. The summed E-state index contributed by atoms with van der Waals surface area (Å²) in [4.78, 5) is 11.1. The number of sulfone groups is 1. The molecule has 1 unspecified atom stereocenters. The van der Waals surface area contributed by atoms with Gasteiger partial charge in [-0.15, -0.1) is 0 Å². The van der Waals surface area contributed by atoms with Gasteiger partial charge in [0.1, 0.15) is 16.4 Å². The number of benzene rings is 1. The predicted octanol–water partition coefficient (Wildman–Crippen LogP) is 0.234. The summed E-state index contributed by atoms with van der Waals surface area (Å²) in [5.41, 5.74) is 5.62. The molecule has 1 rings (SSSR count). The second-order valence-corrected chi connectivity index (χ2v) is 6.13. The molecule has 0 amide bonds. The van der Waals surface area contributed by atoms with Gasteiger partial charge < -0.3 is 20.3 Å². The van der Waals surface area contributed by atoms with Crippen LogP contribution >= 0.6 is 0 Å². The number of hydrogen-bond donors (Lipinski definition) is 2. The molecule has 1 aromatic carbocycles. The van der Waals surface area contributed by atoms with Crippen LogP contribution in [0, 0.1) is 0 Å². The topological polar surface area (TPSA) is 116 Å². The van der Waals surface area contributed by atoms with Crippen LogP contribution in [0.15, 0.2) is 17.0 Å². The predicted molar refractivity (Wildman–Crippen MR) is 72.1 cm³/mol. The third kappa shape index (κ3) is 3.20. The van der Waals surface area contributed by atoms with Crippen LogP contribution in [0.2, 0.25) is 0 Å². The number of aliphatic carboxylic acids is 1. The monoisotopic (exact) mass is 303 g/mol. The van der Waals surface area contributed by atoms with E-state index >= 15 is 0 Å². The maximum Gasteiger partial charge on any atom is 0.312 e. The van der Waals surface area contributed by atoms with E-state index in [1.165, 1.54) is 26.4 Å². The molecule has 1 aromatic rings. The van der Waals surface area contributed by atoms with Crippen LogP contribution in [0.5, 0.6) is 11.5 Å². The zero-order valence-corrected chi connectivity index (χ0v) is 12.2. The van der Waals surface area contributed by atoms with Crippen molar-refractivity contribution in [1.29, 1.82) is 0 Å². The molecule has 0 aliphatic heterocycles. The summed E-state index contributed by atoms with van der Waals surface area (Å²) in [7, 11) is -0.977. The van der Waals surface area contributed by atoms with Crippen molar-refractivity contribution in [3.05, 3.63) is 17.7 Å². The first kappa shape index (κ1) is 16.3. The highest BCUT2D eigenvalue weighted by Gasteiger charge is 2.28. The molecule has 3 N–H and O–H groups in total. The quantitative estimate of drug-likeness (QED) is 0.773. The highest BCUT2D eigenvalue weighted by Crippen LogP contribution is 2.37. The number of rotatable bonds is 6. The van der Waals surface area contributed by atoms with Crippen LogP contribution in [0.25, 0.3) is 0 Å². The largest absolute Gasteiger partial charge is 0.497 e. The summed E-state index contributed by atoms with van der Waals surface area (Å²) < 4.78 is 33.7. The second kappa shape index (κ2) is 6.10. The lowest BCUT2D eigenvalue weighted by molar-refractivity contribution is -0.138. The van der Waals surface area contributed by atoms with Gasteiger partial charge in [-0.1, -0.05) is 0 Å². The van der Waals surface area contributed by atoms with Gasteiger partial charge in [0.25, 0.3) is 0 Å². The van der Waals surface area contributed by atoms with Crippen LogP contribution in [0.4, 0.5) is 0 Å². The van der Waals surface area contributed by atoms with Gasteiger partial charge in [0, 0.05) is 24.4 Å². The van der Waals surface area contributed by atoms with Crippen LogP contribution in [0.1, 0.15) is 11.5 Å². The number of carbonyl (C=O) groups is 1. The van der Waals surface area contributed by atoms with Crippen molar-refractivity contribution in [3.8, 4) is 11.5 Å². The van der Waals surface area contributed by atoms with E-state index < -0.39 is 21.7 Å². The Labute approximate surface area is 117 Å². The van der Waals surface area contributed by atoms with Crippen LogP contribution in [0.3, 0.4) is 0 Å². The Hall–Kier alpha value is -1.80. The maximum absolute atomic E-state index is 11.8. The Kier molecular flexibility index (Phi) is 4.96. The average molecular weight is 303 g/mol. The molecule has 20 heavy (non-hydrogen) atoms. The molecule has 0 radical (unpaired) electrons. The molecule has 112 valence electrons. The van der Waals surface area contributed by atoms with E-state index in [9.17, 15) is 18.3 Å². The zero-order valence-electron chi connectivity index (χ0n) is 11.4. The summed E-state index contributed by atoms with van der Waals surface area (Å²) in [5, 5.41) is 9.18. The molecule has 0 aliphatic rings. The van der Waals surface area contributed by atoms with Crippen molar-refractivity contribution in [3.63, 3.8) is 0 Å². The SMILES string of the molecule is COc1cc(C(CN)C(=O)O)c(OC)c(S(C)(=O)=O)c1. The van der Waals surface area contributed by atoms with E-state index in [-0.39, 0.29) is 28.5 Å². The molecule has 0 fully saturated rings. The minimum atomic E-state index is -3.61. The van der Waals surface area contributed by atoms with E-state index in [0.29, 0.717) is 0 Å². The number of nitrogens with two attached hydrogens (primary N) is 1. The number of carboxylic acid groups (broad SMARTS) is 1. The normalized spacial score (nSPS) is 12.8. The number of ether oxygens (including phenoxy) is 2. The van der Waals surface area contributed by atoms with E-state index in [2.05, 4.69) is 0 Å². The highest BCUT2D eigenvalue weighted by atomic mass is 32.2. The fraction of sp³-hybridized carbons (Fsp3) is 0.417. The molecular formula is C12H17NO6S. The lowest BCUT2D eigenvalue weighted by Crippen LogP contribution is -2.22. The Bertz CT molecular complexity index is 611. The van der Waals surface area contributed by atoms with Crippen molar-refractivity contribution in [1.82, 2.24) is 0 Å². The molecule has 0 bridgehead atoms. The summed E-state index contributed by atoms with van der Waals surface area (Å²) in [6, 6.07) is 2.70. The molecule has 8 heteroatoms. The van der Waals surface area contributed by atoms with Gasteiger partial charge in [-0.2, -0.15) is 0 Å². The fourth-order valence-corrected chi connectivity index (χ4v) is 2.70. The summed E-state index contributed by atoms with van der Waals surface area (Å²) >= 11 is 0. The minimum Gasteiger partial charge on any atom is -0.497 e. The lowest BCUT2D eigenvalue weighted by atomic mass is 9.98. The molecule has 7 nitrogen and oxygen atoms in total. The molecule has 1 atom stereocenters. The first-order valence-electron chi connectivity index (χ1n) is 5.65. The van der Waals surface area contributed by atoms with Gasteiger partial charge in [0.15, 0.2) is 9.84 Å². The average Bonchev–Trinajstić information content (AvgIpc) is 2.37. The smallest absolute Gasteiger partial charge is 0.312 e. The Morgan fingerprint density at radius 1 is 1.35 bits per heavy atom. The number of methoxy groups -OCH3 is 2. The van der Waals surface area contributed by atoms with Gasteiger partial charge in [-0.3, -0.25) is 4.79 Å². The van der Waals surface area contributed by atoms with Gasteiger partial charge in [-0.25, -0.2) is 8.42 Å². The van der Waals surface area contributed by atoms with Crippen molar-refractivity contribution in [2.45, 2.75) is 10.8 Å².